The average molecular weight is 483 g/mol. The molecule has 0 N–H and O–H groups in total. The van der Waals surface area contributed by atoms with Gasteiger partial charge in [-0.3, -0.25) is 4.79 Å². The summed E-state index contributed by atoms with van der Waals surface area (Å²) >= 11 is 0. The van der Waals surface area contributed by atoms with Gasteiger partial charge in [-0.15, -0.1) is 0 Å². The van der Waals surface area contributed by atoms with Crippen molar-refractivity contribution in [2.24, 2.45) is 0 Å². The van der Waals surface area contributed by atoms with Gasteiger partial charge in [0.2, 0.25) is 5.88 Å². The number of nitrogens with zero attached hydrogens (tertiary/aromatic N) is 4. The third-order valence-corrected chi connectivity index (χ3v) is 5.95. The Bertz CT molecular complexity index is 1130. The smallest absolute Gasteiger partial charge is 0.254 e. The lowest BCUT2D eigenvalue weighted by Gasteiger charge is -2.29. The van der Waals surface area contributed by atoms with E-state index in [1.54, 1.807) is 42.3 Å². The van der Waals surface area contributed by atoms with E-state index in [1.165, 1.54) is 12.1 Å². The molecule has 1 aliphatic rings. The first-order valence-electron chi connectivity index (χ1n) is 11.6. The molecule has 0 saturated carbocycles. The van der Waals surface area contributed by atoms with Crippen LogP contribution in [0.1, 0.15) is 15.9 Å². The topological polar surface area (TPSA) is 71.3 Å². The molecule has 8 nitrogen and oxygen atoms in total. The Balaban J connectivity index is 1.72. The Kier molecular flexibility index (Phi) is 7.99. The lowest BCUT2D eigenvalue weighted by atomic mass is 10.1. The normalized spacial score (nSPS) is 13.8. The van der Waals surface area contributed by atoms with Gasteiger partial charge in [-0.05, 0) is 56.6 Å². The first kappa shape index (κ1) is 24.7. The van der Waals surface area contributed by atoms with Crippen molar-refractivity contribution in [1.82, 2.24) is 15.0 Å². The van der Waals surface area contributed by atoms with E-state index >= 15 is 0 Å². The van der Waals surface area contributed by atoms with Crippen LogP contribution in [-0.2, 0) is 11.3 Å². The zero-order chi connectivity index (χ0) is 24.8. The standard InChI is InChI=1S/C26H31FN4O4/c1-29(2)11-12-31(25(32)20-5-4-6-22(17-20)33-3)18-23-24(19-7-9-21(27)10-8-19)28-35-26(23)30-13-15-34-16-14-30/h4-10,17H,11-16,18H2,1-3H3. The highest BCUT2D eigenvalue weighted by molar-refractivity contribution is 5.94. The molecule has 0 bridgehead atoms. The molecule has 1 aromatic heterocycles. The molecule has 1 saturated heterocycles. The fourth-order valence-corrected chi connectivity index (χ4v) is 4.00. The van der Waals surface area contributed by atoms with Gasteiger partial charge in [0, 0.05) is 37.3 Å². The van der Waals surface area contributed by atoms with Crippen LogP contribution in [-0.4, -0.2) is 81.5 Å². The molecule has 0 unspecified atom stereocenters. The van der Waals surface area contributed by atoms with Crippen LogP contribution in [0.5, 0.6) is 5.75 Å². The minimum absolute atomic E-state index is 0.120. The maximum absolute atomic E-state index is 13.6. The van der Waals surface area contributed by atoms with Crippen molar-refractivity contribution < 1.29 is 23.2 Å². The lowest BCUT2D eigenvalue weighted by molar-refractivity contribution is 0.0731. The van der Waals surface area contributed by atoms with Crippen LogP contribution in [0.2, 0.25) is 0 Å². The van der Waals surface area contributed by atoms with Crippen LogP contribution in [0, 0.1) is 5.82 Å². The summed E-state index contributed by atoms with van der Waals surface area (Å²) < 4.78 is 30.3. The fraction of sp³-hybridized carbons (Fsp3) is 0.385. The fourth-order valence-electron chi connectivity index (χ4n) is 4.00. The summed E-state index contributed by atoms with van der Waals surface area (Å²) in [5.41, 5.74) is 2.65. The molecule has 1 aliphatic heterocycles. The Morgan fingerprint density at radius 3 is 2.54 bits per heavy atom. The number of aromatic nitrogens is 1. The number of carbonyl (C=O) groups excluding carboxylic acids is 1. The maximum Gasteiger partial charge on any atom is 0.254 e. The molecule has 0 aliphatic carbocycles. The molecule has 3 aromatic rings. The average Bonchev–Trinajstić information content (AvgIpc) is 3.30. The predicted molar refractivity (Wildman–Crippen MR) is 131 cm³/mol. The number of hydrogen-bond donors (Lipinski definition) is 0. The molecule has 35 heavy (non-hydrogen) atoms. The Labute approximate surface area is 204 Å². The molecule has 1 amide bonds. The quantitative estimate of drug-likeness (QED) is 0.462. The van der Waals surface area contributed by atoms with E-state index < -0.39 is 0 Å². The van der Waals surface area contributed by atoms with Crippen molar-refractivity contribution in [2.45, 2.75) is 6.54 Å². The number of methoxy groups -OCH3 is 1. The molecule has 1 fully saturated rings. The third kappa shape index (κ3) is 5.98. The van der Waals surface area contributed by atoms with Gasteiger partial charge < -0.3 is 28.7 Å². The van der Waals surface area contributed by atoms with Gasteiger partial charge in [0.1, 0.15) is 17.3 Å². The molecule has 2 aromatic carbocycles. The highest BCUT2D eigenvalue weighted by Gasteiger charge is 2.28. The number of rotatable bonds is 9. The first-order valence-corrected chi connectivity index (χ1v) is 11.6. The van der Waals surface area contributed by atoms with Crippen molar-refractivity contribution in [3.63, 3.8) is 0 Å². The number of morpholine rings is 1. The van der Waals surface area contributed by atoms with Crippen molar-refractivity contribution in [3.05, 3.63) is 65.5 Å². The van der Waals surface area contributed by atoms with Gasteiger partial charge in [-0.1, -0.05) is 11.2 Å². The van der Waals surface area contributed by atoms with E-state index in [0.29, 0.717) is 62.3 Å². The molecule has 2 heterocycles. The number of likely N-dealkylation sites (N-methyl/N-ethyl adjacent to an activating group) is 1. The second-order valence-electron chi connectivity index (χ2n) is 8.68. The van der Waals surface area contributed by atoms with Gasteiger partial charge in [-0.25, -0.2) is 4.39 Å². The van der Waals surface area contributed by atoms with Crippen molar-refractivity contribution in [2.75, 3.05) is 65.5 Å². The van der Waals surface area contributed by atoms with E-state index in [4.69, 9.17) is 14.0 Å². The Hall–Kier alpha value is -3.43. The van der Waals surface area contributed by atoms with Crippen LogP contribution in [0.3, 0.4) is 0 Å². The highest BCUT2D eigenvalue weighted by atomic mass is 19.1. The highest BCUT2D eigenvalue weighted by Crippen LogP contribution is 2.33. The van der Waals surface area contributed by atoms with Crippen molar-refractivity contribution in [1.29, 1.82) is 0 Å². The molecular weight excluding hydrogens is 451 g/mol. The van der Waals surface area contributed by atoms with Crippen molar-refractivity contribution in [3.8, 4) is 17.0 Å². The first-order chi connectivity index (χ1) is 17.0. The summed E-state index contributed by atoms with van der Waals surface area (Å²) in [6.45, 7) is 3.95. The van der Waals surface area contributed by atoms with Gasteiger partial charge in [-0.2, -0.15) is 0 Å². The largest absolute Gasteiger partial charge is 0.497 e. The van der Waals surface area contributed by atoms with Crippen LogP contribution < -0.4 is 9.64 Å². The zero-order valence-electron chi connectivity index (χ0n) is 20.4. The van der Waals surface area contributed by atoms with Gasteiger partial charge in [0.05, 0.1) is 32.4 Å². The maximum atomic E-state index is 13.6. The van der Waals surface area contributed by atoms with Crippen LogP contribution >= 0.6 is 0 Å². The van der Waals surface area contributed by atoms with E-state index in [1.807, 2.05) is 25.1 Å². The zero-order valence-corrected chi connectivity index (χ0v) is 20.4. The van der Waals surface area contributed by atoms with Gasteiger partial charge in [0.25, 0.3) is 5.91 Å². The summed E-state index contributed by atoms with van der Waals surface area (Å²) in [7, 11) is 5.52. The van der Waals surface area contributed by atoms with E-state index in [0.717, 1.165) is 11.1 Å². The summed E-state index contributed by atoms with van der Waals surface area (Å²) in [5.74, 6) is 0.785. The van der Waals surface area contributed by atoms with E-state index in [9.17, 15) is 9.18 Å². The SMILES string of the molecule is COc1cccc(C(=O)N(CCN(C)C)Cc2c(-c3ccc(F)cc3)noc2N2CCOCC2)c1. The van der Waals surface area contributed by atoms with Crippen molar-refractivity contribution >= 4 is 11.8 Å². The summed E-state index contributed by atoms with van der Waals surface area (Å²) in [6.07, 6.45) is 0. The number of amides is 1. The van der Waals surface area contributed by atoms with Gasteiger partial charge in [0.15, 0.2) is 0 Å². The number of ether oxygens (including phenoxy) is 2. The summed E-state index contributed by atoms with van der Waals surface area (Å²) in [4.78, 5) is 19.6. The summed E-state index contributed by atoms with van der Waals surface area (Å²) in [6, 6.07) is 13.3. The molecular formula is C26H31FN4O4. The number of hydrogen-bond acceptors (Lipinski definition) is 7. The molecule has 0 spiro atoms. The van der Waals surface area contributed by atoms with E-state index in [2.05, 4.69) is 10.1 Å². The molecule has 0 atom stereocenters. The second-order valence-corrected chi connectivity index (χ2v) is 8.68. The number of carbonyl (C=O) groups is 1. The van der Waals surface area contributed by atoms with Crippen LogP contribution in [0.4, 0.5) is 10.3 Å². The van der Waals surface area contributed by atoms with Crippen LogP contribution in [0.25, 0.3) is 11.3 Å². The molecule has 0 radical (unpaired) electrons. The Morgan fingerprint density at radius 2 is 1.86 bits per heavy atom. The minimum Gasteiger partial charge on any atom is -0.497 e. The minimum atomic E-state index is -0.326. The van der Waals surface area contributed by atoms with E-state index in [-0.39, 0.29) is 18.3 Å². The van der Waals surface area contributed by atoms with Gasteiger partial charge >= 0.3 is 0 Å². The third-order valence-electron chi connectivity index (χ3n) is 5.95. The number of anilines is 1. The lowest BCUT2D eigenvalue weighted by Crippen LogP contribution is -2.38. The molecule has 9 heteroatoms. The predicted octanol–water partition coefficient (Wildman–Crippen LogP) is 3.53. The number of halogens is 1. The monoisotopic (exact) mass is 482 g/mol. The molecule has 4 rings (SSSR count). The number of benzene rings is 2. The van der Waals surface area contributed by atoms with Crippen LogP contribution in [0.15, 0.2) is 53.1 Å². The second kappa shape index (κ2) is 11.3. The molecule has 186 valence electrons. The summed E-state index contributed by atoms with van der Waals surface area (Å²) in [5, 5.41) is 4.35. The Morgan fingerprint density at radius 1 is 1.11 bits per heavy atom.